The summed E-state index contributed by atoms with van der Waals surface area (Å²) in [7, 11) is 1.48. The molecule has 0 radical (unpaired) electrons. The summed E-state index contributed by atoms with van der Waals surface area (Å²) in [6, 6.07) is 8.15. The number of para-hydroxylation sites is 1. The first-order chi connectivity index (χ1) is 13.1. The Labute approximate surface area is 160 Å². The molecule has 5 nitrogen and oxygen atoms in total. The first kappa shape index (κ1) is 17.0. The number of hydrogen-bond acceptors (Lipinski definition) is 4. The largest absolute Gasteiger partial charge is 0.468 e. The summed E-state index contributed by atoms with van der Waals surface area (Å²) >= 11 is 0. The summed E-state index contributed by atoms with van der Waals surface area (Å²) in [6.07, 6.45) is 8.89. The Morgan fingerprint density at radius 1 is 1.33 bits per heavy atom. The minimum Gasteiger partial charge on any atom is -0.468 e. The zero-order valence-corrected chi connectivity index (χ0v) is 15.9. The zero-order valence-electron chi connectivity index (χ0n) is 15.9. The van der Waals surface area contributed by atoms with Crippen LogP contribution in [-0.4, -0.2) is 41.6 Å². The summed E-state index contributed by atoms with van der Waals surface area (Å²) in [5.74, 6) is 0.518. The van der Waals surface area contributed by atoms with Crippen LogP contribution in [0.25, 0.3) is 0 Å². The van der Waals surface area contributed by atoms with Crippen molar-refractivity contribution in [2.75, 3.05) is 12.0 Å². The Balaban J connectivity index is 1.75. The first-order valence-corrected chi connectivity index (χ1v) is 10.1. The van der Waals surface area contributed by atoms with Crippen molar-refractivity contribution in [3.8, 4) is 0 Å². The molecule has 4 aliphatic rings. The number of ether oxygens (including phenoxy) is 1. The van der Waals surface area contributed by atoms with Gasteiger partial charge in [-0.15, -0.1) is 6.58 Å². The highest BCUT2D eigenvalue weighted by Crippen LogP contribution is 2.63. The molecule has 1 spiro atoms. The number of amidine groups is 1. The standard InChI is InChI=1S/C22H27N3O2/c1-3-11-21-14-17(18(26)27-2)25-20(21)24(16-10-6-5-9-15(16)21)19(23)22(25)12-7-4-8-13-22/h3,5-6,9-10,17,20,23H,1,4,7-8,11-14H2,2H3/t17-,20-,21-/m0/s1. The van der Waals surface area contributed by atoms with E-state index >= 15 is 0 Å². The molecule has 0 unspecified atom stereocenters. The van der Waals surface area contributed by atoms with E-state index in [0.29, 0.717) is 5.84 Å². The maximum absolute atomic E-state index is 12.8. The molecule has 1 aromatic rings. The van der Waals surface area contributed by atoms with Gasteiger partial charge in [0.1, 0.15) is 11.9 Å². The Bertz CT molecular complexity index is 829. The Hall–Kier alpha value is -2.14. The molecule has 142 valence electrons. The van der Waals surface area contributed by atoms with Gasteiger partial charge < -0.3 is 9.64 Å². The van der Waals surface area contributed by atoms with Crippen molar-refractivity contribution in [2.24, 2.45) is 0 Å². The number of benzene rings is 1. The second-order valence-electron chi connectivity index (χ2n) is 8.50. The van der Waals surface area contributed by atoms with Crippen LogP contribution in [0.15, 0.2) is 36.9 Å². The fourth-order valence-corrected chi connectivity index (χ4v) is 6.48. The van der Waals surface area contributed by atoms with Crippen LogP contribution in [0.3, 0.4) is 0 Å². The SMILES string of the molecule is C=CC[C@@]12C[C@@H](C(=O)OC)N3[C@@H]1N(C(=N)C31CCCCC1)c1ccccc12. The number of hydrogen-bond donors (Lipinski definition) is 1. The highest BCUT2D eigenvalue weighted by Gasteiger charge is 2.72. The van der Waals surface area contributed by atoms with Crippen LogP contribution in [0.4, 0.5) is 5.69 Å². The number of esters is 1. The lowest BCUT2D eigenvalue weighted by Gasteiger charge is -2.42. The Morgan fingerprint density at radius 3 is 2.78 bits per heavy atom. The summed E-state index contributed by atoms with van der Waals surface area (Å²) < 4.78 is 5.23. The predicted molar refractivity (Wildman–Crippen MR) is 105 cm³/mol. The molecule has 1 N–H and O–H groups in total. The predicted octanol–water partition coefficient (Wildman–Crippen LogP) is 3.59. The van der Waals surface area contributed by atoms with E-state index in [4.69, 9.17) is 4.74 Å². The van der Waals surface area contributed by atoms with Crippen LogP contribution in [0.2, 0.25) is 0 Å². The van der Waals surface area contributed by atoms with Gasteiger partial charge in [-0.25, -0.2) is 0 Å². The van der Waals surface area contributed by atoms with Crippen LogP contribution in [0, 0.1) is 5.41 Å². The molecule has 27 heavy (non-hydrogen) atoms. The molecule has 1 aliphatic carbocycles. The number of fused-ring (bicyclic) bond motifs is 4. The number of anilines is 1. The summed E-state index contributed by atoms with van der Waals surface area (Å²) in [4.78, 5) is 17.5. The molecule has 1 saturated carbocycles. The van der Waals surface area contributed by atoms with Crippen LogP contribution in [0.1, 0.15) is 50.5 Å². The zero-order chi connectivity index (χ0) is 18.8. The summed E-state index contributed by atoms with van der Waals surface area (Å²) in [5, 5.41) is 9.22. The fourth-order valence-electron chi connectivity index (χ4n) is 6.48. The maximum Gasteiger partial charge on any atom is 0.323 e. The molecule has 0 bridgehead atoms. The van der Waals surface area contributed by atoms with E-state index in [-0.39, 0.29) is 29.1 Å². The lowest BCUT2D eigenvalue weighted by atomic mass is 9.75. The molecule has 0 amide bonds. The van der Waals surface area contributed by atoms with E-state index in [1.54, 1.807) is 0 Å². The fraction of sp³-hybridized carbons (Fsp3) is 0.545. The number of nitrogens with one attached hydrogen (secondary N) is 1. The van der Waals surface area contributed by atoms with Crippen molar-refractivity contribution >= 4 is 17.5 Å². The van der Waals surface area contributed by atoms with E-state index in [2.05, 4.69) is 40.6 Å². The van der Waals surface area contributed by atoms with Crippen LogP contribution >= 0.6 is 0 Å². The van der Waals surface area contributed by atoms with Crippen LogP contribution in [-0.2, 0) is 14.9 Å². The van der Waals surface area contributed by atoms with Gasteiger partial charge in [-0.2, -0.15) is 0 Å². The molecule has 3 aliphatic heterocycles. The molecule has 1 aromatic carbocycles. The van der Waals surface area contributed by atoms with Crippen LogP contribution < -0.4 is 4.90 Å². The number of allylic oxidation sites excluding steroid dienone is 1. The maximum atomic E-state index is 12.8. The smallest absolute Gasteiger partial charge is 0.323 e. The normalized spacial score (nSPS) is 33.2. The lowest BCUT2D eigenvalue weighted by molar-refractivity contribution is -0.148. The topological polar surface area (TPSA) is 56.6 Å². The minimum absolute atomic E-state index is 0.0163. The quantitative estimate of drug-likeness (QED) is 0.657. The first-order valence-electron chi connectivity index (χ1n) is 10.1. The van der Waals surface area contributed by atoms with Gasteiger partial charge in [0.15, 0.2) is 0 Å². The van der Waals surface area contributed by atoms with E-state index in [1.165, 1.54) is 19.1 Å². The molecular formula is C22H27N3O2. The molecule has 5 rings (SSSR count). The van der Waals surface area contributed by atoms with Crippen molar-refractivity contribution < 1.29 is 9.53 Å². The van der Waals surface area contributed by atoms with Gasteiger partial charge in [0.25, 0.3) is 0 Å². The average Bonchev–Trinajstić information content (AvgIpc) is 3.26. The van der Waals surface area contributed by atoms with Gasteiger partial charge in [-0.1, -0.05) is 43.5 Å². The second-order valence-corrected chi connectivity index (χ2v) is 8.50. The van der Waals surface area contributed by atoms with Gasteiger partial charge in [-0.3, -0.25) is 15.1 Å². The number of nitrogens with zero attached hydrogens (tertiary/aromatic N) is 2. The Morgan fingerprint density at radius 2 is 2.07 bits per heavy atom. The Kier molecular flexibility index (Phi) is 3.57. The molecule has 5 heteroatoms. The molecule has 3 atom stereocenters. The van der Waals surface area contributed by atoms with E-state index in [1.807, 2.05) is 6.08 Å². The number of carbonyl (C=O) groups is 1. The third kappa shape index (κ3) is 1.88. The highest BCUT2D eigenvalue weighted by atomic mass is 16.5. The van der Waals surface area contributed by atoms with Gasteiger partial charge in [-0.05, 0) is 37.3 Å². The van der Waals surface area contributed by atoms with Crippen molar-refractivity contribution in [3.63, 3.8) is 0 Å². The highest BCUT2D eigenvalue weighted by molar-refractivity contribution is 6.08. The average molecular weight is 365 g/mol. The number of rotatable bonds is 3. The van der Waals surface area contributed by atoms with Gasteiger partial charge >= 0.3 is 5.97 Å². The minimum atomic E-state index is -0.335. The third-order valence-corrected chi connectivity index (χ3v) is 7.43. The van der Waals surface area contributed by atoms with Gasteiger partial charge in [0.2, 0.25) is 0 Å². The lowest BCUT2D eigenvalue weighted by Crippen LogP contribution is -2.56. The third-order valence-electron chi connectivity index (χ3n) is 7.43. The molecule has 0 aromatic heterocycles. The van der Waals surface area contributed by atoms with Gasteiger partial charge in [0, 0.05) is 11.1 Å². The second kappa shape index (κ2) is 5.68. The van der Waals surface area contributed by atoms with Crippen molar-refractivity contribution in [2.45, 2.75) is 68.1 Å². The van der Waals surface area contributed by atoms with E-state index in [0.717, 1.165) is 44.2 Å². The van der Waals surface area contributed by atoms with Crippen molar-refractivity contribution in [1.29, 1.82) is 5.41 Å². The summed E-state index contributed by atoms with van der Waals surface area (Å²) in [5.41, 5.74) is 1.86. The molecular weight excluding hydrogens is 338 g/mol. The van der Waals surface area contributed by atoms with Crippen molar-refractivity contribution in [1.82, 2.24) is 4.90 Å². The molecule has 3 fully saturated rings. The summed E-state index contributed by atoms with van der Waals surface area (Å²) in [6.45, 7) is 4.03. The molecule has 2 saturated heterocycles. The van der Waals surface area contributed by atoms with E-state index < -0.39 is 0 Å². The van der Waals surface area contributed by atoms with Crippen LogP contribution in [0.5, 0.6) is 0 Å². The monoisotopic (exact) mass is 365 g/mol. The number of methoxy groups -OCH3 is 1. The number of carbonyl (C=O) groups excluding carboxylic acids is 1. The van der Waals surface area contributed by atoms with Crippen molar-refractivity contribution in [3.05, 3.63) is 42.5 Å². The van der Waals surface area contributed by atoms with E-state index in [9.17, 15) is 10.2 Å². The molecule has 3 heterocycles. The van der Waals surface area contributed by atoms with Gasteiger partial charge in [0.05, 0.1) is 18.8 Å².